The number of piperazine rings is 1. The SMILES string of the molecule is CCc1ccc(C(=O)CN2CCN(C(=O)c3ccccc3F)CC2)cc1. The van der Waals surface area contributed by atoms with Crippen LogP contribution in [-0.4, -0.2) is 54.2 Å². The van der Waals surface area contributed by atoms with Gasteiger partial charge in [-0.2, -0.15) is 0 Å². The van der Waals surface area contributed by atoms with Crippen LogP contribution in [0.15, 0.2) is 48.5 Å². The average Bonchev–Trinajstić information content (AvgIpc) is 2.68. The molecule has 0 aromatic heterocycles. The van der Waals surface area contributed by atoms with Crippen molar-refractivity contribution in [2.24, 2.45) is 0 Å². The number of carbonyl (C=O) groups excluding carboxylic acids is 2. The maximum Gasteiger partial charge on any atom is 0.256 e. The van der Waals surface area contributed by atoms with Gasteiger partial charge in [-0.1, -0.05) is 43.3 Å². The number of hydrogen-bond donors (Lipinski definition) is 0. The Hall–Kier alpha value is -2.53. The van der Waals surface area contributed by atoms with E-state index in [9.17, 15) is 14.0 Å². The van der Waals surface area contributed by atoms with Gasteiger partial charge < -0.3 is 4.90 Å². The molecule has 2 aromatic carbocycles. The molecule has 1 saturated heterocycles. The second-order valence-corrected chi connectivity index (χ2v) is 6.52. The minimum Gasteiger partial charge on any atom is -0.336 e. The van der Waals surface area contributed by atoms with Crippen molar-refractivity contribution in [2.45, 2.75) is 13.3 Å². The van der Waals surface area contributed by atoms with E-state index in [2.05, 4.69) is 6.92 Å². The Labute approximate surface area is 153 Å². The standard InChI is InChI=1S/C21H23FN2O2/c1-2-16-7-9-17(10-8-16)20(25)15-23-11-13-24(14-12-23)21(26)18-5-3-4-6-19(18)22/h3-10H,2,11-15H2,1H3. The highest BCUT2D eigenvalue weighted by molar-refractivity contribution is 5.97. The zero-order chi connectivity index (χ0) is 18.5. The number of hydrogen-bond acceptors (Lipinski definition) is 3. The molecule has 136 valence electrons. The molecule has 0 radical (unpaired) electrons. The van der Waals surface area contributed by atoms with E-state index in [1.807, 2.05) is 29.2 Å². The van der Waals surface area contributed by atoms with Crippen molar-refractivity contribution in [3.63, 3.8) is 0 Å². The molecule has 1 heterocycles. The Morgan fingerprint density at radius 1 is 0.962 bits per heavy atom. The second-order valence-electron chi connectivity index (χ2n) is 6.52. The Bertz CT molecular complexity index is 781. The van der Waals surface area contributed by atoms with Crippen LogP contribution in [0.4, 0.5) is 4.39 Å². The molecule has 1 amide bonds. The minimum atomic E-state index is -0.495. The smallest absolute Gasteiger partial charge is 0.256 e. The number of rotatable bonds is 5. The van der Waals surface area contributed by atoms with Crippen LogP contribution in [0.2, 0.25) is 0 Å². The zero-order valence-electron chi connectivity index (χ0n) is 15.0. The molecule has 0 saturated carbocycles. The number of nitrogens with zero attached hydrogens (tertiary/aromatic N) is 2. The van der Waals surface area contributed by atoms with E-state index in [4.69, 9.17) is 0 Å². The predicted molar refractivity (Wildman–Crippen MR) is 98.9 cm³/mol. The molecule has 3 rings (SSSR count). The van der Waals surface area contributed by atoms with Crippen molar-refractivity contribution < 1.29 is 14.0 Å². The van der Waals surface area contributed by atoms with Crippen LogP contribution in [-0.2, 0) is 6.42 Å². The third-order valence-electron chi connectivity index (χ3n) is 4.82. The molecule has 0 unspecified atom stereocenters. The summed E-state index contributed by atoms with van der Waals surface area (Å²) in [5, 5.41) is 0. The quantitative estimate of drug-likeness (QED) is 0.775. The Balaban J connectivity index is 1.54. The Kier molecular flexibility index (Phi) is 5.78. The summed E-state index contributed by atoms with van der Waals surface area (Å²) in [7, 11) is 0. The van der Waals surface area contributed by atoms with Gasteiger partial charge in [-0.15, -0.1) is 0 Å². The Morgan fingerprint density at radius 3 is 2.23 bits per heavy atom. The van der Waals surface area contributed by atoms with Crippen LogP contribution < -0.4 is 0 Å². The van der Waals surface area contributed by atoms with Crippen LogP contribution in [0.5, 0.6) is 0 Å². The second kappa shape index (κ2) is 8.23. The maximum atomic E-state index is 13.8. The molecule has 0 atom stereocenters. The average molecular weight is 354 g/mol. The minimum absolute atomic E-state index is 0.0848. The van der Waals surface area contributed by atoms with Crippen LogP contribution in [0.25, 0.3) is 0 Å². The van der Waals surface area contributed by atoms with Crippen molar-refractivity contribution >= 4 is 11.7 Å². The van der Waals surface area contributed by atoms with Gasteiger partial charge >= 0.3 is 0 Å². The molecule has 4 nitrogen and oxygen atoms in total. The van der Waals surface area contributed by atoms with E-state index in [-0.39, 0.29) is 17.3 Å². The zero-order valence-corrected chi connectivity index (χ0v) is 15.0. The lowest BCUT2D eigenvalue weighted by atomic mass is 10.1. The predicted octanol–water partition coefficient (Wildman–Crippen LogP) is 3.03. The summed E-state index contributed by atoms with van der Waals surface area (Å²) in [5.41, 5.74) is 2.03. The lowest BCUT2D eigenvalue weighted by Crippen LogP contribution is -2.50. The van der Waals surface area contributed by atoms with Crippen molar-refractivity contribution in [1.29, 1.82) is 0 Å². The van der Waals surface area contributed by atoms with Crippen molar-refractivity contribution in [3.8, 4) is 0 Å². The largest absolute Gasteiger partial charge is 0.336 e. The molecule has 5 heteroatoms. The first-order chi connectivity index (χ1) is 12.6. The van der Waals surface area contributed by atoms with Gasteiger partial charge in [-0.3, -0.25) is 14.5 Å². The number of Topliss-reactive ketones (excluding diaryl/α,β-unsaturated/α-hetero) is 1. The van der Waals surface area contributed by atoms with E-state index >= 15 is 0 Å². The number of halogens is 1. The Morgan fingerprint density at radius 2 is 1.62 bits per heavy atom. The topological polar surface area (TPSA) is 40.6 Å². The fourth-order valence-corrected chi connectivity index (χ4v) is 3.13. The molecular formula is C21H23FN2O2. The molecule has 1 fully saturated rings. The number of amides is 1. The van der Waals surface area contributed by atoms with Crippen LogP contribution in [0, 0.1) is 5.82 Å². The first-order valence-electron chi connectivity index (χ1n) is 8.96. The lowest BCUT2D eigenvalue weighted by Gasteiger charge is -2.34. The van der Waals surface area contributed by atoms with Crippen LogP contribution >= 0.6 is 0 Å². The molecule has 0 bridgehead atoms. The van der Waals surface area contributed by atoms with Gasteiger partial charge in [0.2, 0.25) is 0 Å². The first-order valence-corrected chi connectivity index (χ1v) is 8.96. The summed E-state index contributed by atoms with van der Waals surface area (Å²) in [5.74, 6) is -0.698. The fraction of sp³-hybridized carbons (Fsp3) is 0.333. The van der Waals surface area contributed by atoms with E-state index < -0.39 is 5.82 Å². The lowest BCUT2D eigenvalue weighted by molar-refractivity contribution is 0.0620. The number of carbonyl (C=O) groups is 2. The maximum absolute atomic E-state index is 13.8. The molecule has 0 aliphatic carbocycles. The number of aryl methyl sites for hydroxylation is 1. The summed E-state index contributed by atoms with van der Waals surface area (Å²) in [4.78, 5) is 28.5. The molecule has 1 aliphatic heterocycles. The summed E-state index contributed by atoms with van der Waals surface area (Å²) in [6.07, 6.45) is 0.951. The molecular weight excluding hydrogens is 331 g/mol. The molecule has 0 spiro atoms. The molecule has 0 N–H and O–H groups in total. The highest BCUT2D eigenvalue weighted by atomic mass is 19.1. The monoisotopic (exact) mass is 354 g/mol. The van der Waals surface area contributed by atoms with Gasteiger partial charge in [0, 0.05) is 31.7 Å². The van der Waals surface area contributed by atoms with E-state index in [0.717, 1.165) is 6.42 Å². The number of ketones is 1. The number of benzene rings is 2. The van der Waals surface area contributed by atoms with Crippen molar-refractivity contribution in [3.05, 3.63) is 71.0 Å². The summed E-state index contributed by atoms with van der Waals surface area (Å²) in [6, 6.07) is 13.8. The van der Waals surface area contributed by atoms with Gasteiger partial charge in [-0.05, 0) is 24.1 Å². The highest BCUT2D eigenvalue weighted by Gasteiger charge is 2.25. The molecule has 1 aliphatic rings. The van der Waals surface area contributed by atoms with Gasteiger partial charge in [-0.25, -0.2) is 4.39 Å². The van der Waals surface area contributed by atoms with Gasteiger partial charge in [0.05, 0.1) is 12.1 Å². The van der Waals surface area contributed by atoms with Crippen LogP contribution in [0.1, 0.15) is 33.2 Å². The van der Waals surface area contributed by atoms with Crippen molar-refractivity contribution in [1.82, 2.24) is 9.80 Å². The fourth-order valence-electron chi connectivity index (χ4n) is 3.13. The van der Waals surface area contributed by atoms with E-state index in [1.54, 1.807) is 17.0 Å². The van der Waals surface area contributed by atoms with Gasteiger partial charge in [0.15, 0.2) is 5.78 Å². The summed E-state index contributed by atoms with van der Waals surface area (Å²) < 4.78 is 13.8. The normalized spacial score (nSPS) is 15.1. The summed E-state index contributed by atoms with van der Waals surface area (Å²) in [6.45, 7) is 4.63. The van der Waals surface area contributed by atoms with Gasteiger partial charge in [0.25, 0.3) is 5.91 Å². The molecule has 26 heavy (non-hydrogen) atoms. The first kappa shape index (κ1) is 18.3. The van der Waals surface area contributed by atoms with Crippen LogP contribution in [0.3, 0.4) is 0 Å². The highest BCUT2D eigenvalue weighted by Crippen LogP contribution is 2.13. The third-order valence-corrected chi connectivity index (χ3v) is 4.82. The third kappa shape index (κ3) is 4.17. The summed E-state index contributed by atoms with van der Waals surface area (Å²) >= 11 is 0. The molecule has 2 aromatic rings. The van der Waals surface area contributed by atoms with Crippen molar-refractivity contribution in [2.75, 3.05) is 32.7 Å². The van der Waals surface area contributed by atoms with E-state index in [1.165, 1.54) is 17.7 Å². The van der Waals surface area contributed by atoms with Gasteiger partial charge in [0.1, 0.15) is 5.82 Å². The van der Waals surface area contributed by atoms with E-state index in [0.29, 0.717) is 38.3 Å².